The van der Waals surface area contributed by atoms with E-state index in [0.29, 0.717) is 18.9 Å². The Morgan fingerprint density at radius 2 is 2.32 bits per heavy atom. The Morgan fingerprint density at radius 3 is 2.95 bits per heavy atom. The van der Waals surface area contributed by atoms with Gasteiger partial charge >= 0.3 is 5.97 Å². The number of aliphatic carboxylic acids is 1. The molecule has 0 aliphatic carbocycles. The summed E-state index contributed by atoms with van der Waals surface area (Å²) in [6, 6.07) is -0.706. The number of hydrogen-bond donors (Lipinski definition) is 1. The molecule has 19 heavy (non-hydrogen) atoms. The molecule has 1 saturated heterocycles. The van der Waals surface area contributed by atoms with Crippen LogP contribution < -0.4 is 4.90 Å². The van der Waals surface area contributed by atoms with E-state index in [1.807, 2.05) is 0 Å². The normalized spacial score (nSPS) is 23.4. The van der Waals surface area contributed by atoms with Crippen LogP contribution in [0, 0.1) is 18.7 Å². The van der Waals surface area contributed by atoms with Crippen LogP contribution in [-0.2, 0) is 4.79 Å². The van der Waals surface area contributed by atoms with Gasteiger partial charge in [0.2, 0.25) is 0 Å². The number of hydrogen-bond acceptors (Lipinski definition) is 4. The van der Waals surface area contributed by atoms with Gasteiger partial charge in [-0.25, -0.2) is 19.2 Å². The van der Waals surface area contributed by atoms with Crippen molar-refractivity contribution in [2.75, 3.05) is 11.4 Å². The third kappa shape index (κ3) is 2.67. The summed E-state index contributed by atoms with van der Waals surface area (Å²) < 4.78 is 14.0. The Kier molecular flexibility index (Phi) is 3.97. The molecule has 0 amide bonds. The summed E-state index contributed by atoms with van der Waals surface area (Å²) in [5.41, 5.74) is 0.242. The van der Waals surface area contributed by atoms with E-state index in [0.717, 1.165) is 12.8 Å². The number of piperidine rings is 1. The molecule has 0 spiro atoms. The minimum absolute atomic E-state index is 0.106. The average Bonchev–Trinajstić information content (AvgIpc) is 2.41. The number of halogens is 1. The first kappa shape index (κ1) is 13.7. The molecular weight excluding hydrogens is 249 g/mol. The largest absolute Gasteiger partial charge is 0.480 e. The number of aromatic nitrogens is 2. The second kappa shape index (κ2) is 5.50. The van der Waals surface area contributed by atoms with Gasteiger partial charge in [-0.15, -0.1) is 0 Å². The molecule has 1 aliphatic heterocycles. The Balaban J connectivity index is 2.32. The number of carboxylic acids is 1. The lowest BCUT2D eigenvalue weighted by Gasteiger charge is -2.37. The fourth-order valence-electron chi connectivity index (χ4n) is 2.54. The van der Waals surface area contributed by atoms with E-state index in [1.165, 1.54) is 6.33 Å². The first-order chi connectivity index (χ1) is 9.04. The summed E-state index contributed by atoms with van der Waals surface area (Å²) in [7, 11) is 0. The van der Waals surface area contributed by atoms with E-state index in [2.05, 4.69) is 16.9 Å². The highest BCUT2D eigenvalue weighted by Gasteiger charge is 2.35. The number of rotatable bonds is 3. The van der Waals surface area contributed by atoms with Crippen molar-refractivity contribution in [1.82, 2.24) is 9.97 Å². The smallest absolute Gasteiger partial charge is 0.326 e. The maximum atomic E-state index is 14.0. The minimum Gasteiger partial charge on any atom is -0.480 e. The number of carbonyl (C=O) groups is 1. The molecule has 0 bridgehead atoms. The van der Waals surface area contributed by atoms with Crippen LogP contribution in [0.2, 0.25) is 0 Å². The molecule has 1 aromatic heterocycles. The molecule has 2 rings (SSSR count). The van der Waals surface area contributed by atoms with Crippen molar-refractivity contribution < 1.29 is 14.3 Å². The Morgan fingerprint density at radius 1 is 1.58 bits per heavy atom. The molecule has 1 aromatic rings. The zero-order valence-corrected chi connectivity index (χ0v) is 11.1. The standard InChI is InChI=1S/C13H18FN3O2/c1-3-9-4-5-17(10(6-9)13(18)19)12-11(14)8(2)15-7-16-12/h7,9-10H,3-6H2,1-2H3,(H,18,19). The Bertz CT molecular complexity index is 481. The third-order valence-corrected chi connectivity index (χ3v) is 3.79. The second-order valence-corrected chi connectivity index (χ2v) is 4.94. The van der Waals surface area contributed by atoms with E-state index < -0.39 is 17.8 Å². The number of anilines is 1. The fourth-order valence-corrected chi connectivity index (χ4v) is 2.54. The lowest BCUT2D eigenvalue weighted by molar-refractivity contribution is -0.139. The van der Waals surface area contributed by atoms with Crippen LogP contribution in [-0.4, -0.2) is 33.6 Å². The van der Waals surface area contributed by atoms with Crippen molar-refractivity contribution in [2.24, 2.45) is 5.92 Å². The van der Waals surface area contributed by atoms with E-state index >= 15 is 0 Å². The van der Waals surface area contributed by atoms with Gasteiger partial charge in [-0.3, -0.25) is 0 Å². The highest BCUT2D eigenvalue weighted by Crippen LogP contribution is 2.30. The molecular formula is C13H18FN3O2. The summed E-state index contributed by atoms with van der Waals surface area (Å²) in [6.07, 6.45) is 3.62. The van der Waals surface area contributed by atoms with Crippen LogP contribution in [0.3, 0.4) is 0 Å². The molecule has 1 N–H and O–H groups in total. The fraction of sp³-hybridized carbons (Fsp3) is 0.615. The van der Waals surface area contributed by atoms with E-state index in [1.54, 1.807) is 11.8 Å². The molecule has 1 fully saturated rings. The van der Waals surface area contributed by atoms with E-state index in [-0.39, 0.29) is 11.5 Å². The number of carboxylic acid groups (broad SMARTS) is 1. The molecule has 0 saturated carbocycles. The molecule has 2 atom stereocenters. The van der Waals surface area contributed by atoms with Gasteiger partial charge in [0.1, 0.15) is 12.4 Å². The predicted molar refractivity (Wildman–Crippen MR) is 68.5 cm³/mol. The molecule has 0 radical (unpaired) electrons. The summed E-state index contributed by atoms with van der Waals surface area (Å²) in [6.45, 7) is 4.12. The van der Waals surface area contributed by atoms with E-state index in [9.17, 15) is 14.3 Å². The van der Waals surface area contributed by atoms with Crippen molar-refractivity contribution >= 4 is 11.8 Å². The van der Waals surface area contributed by atoms with Crippen LogP contribution >= 0.6 is 0 Å². The number of aryl methyl sites for hydroxylation is 1. The van der Waals surface area contributed by atoms with Crippen LogP contribution in [0.25, 0.3) is 0 Å². The van der Waals surface area contributed by atoms with Gasteiger partial charge in [-0.2, -0.15) is 0 Å². The first-order valence-electron chi connectivity index (χ1n) is 6.51. The molecule has 5 nitrogen and oxygen atoms in total. The van der Waals surface area contributed by atoms with Crippen LogP contribution in [0.1, 0.15) is 31.9 Å². The monoisotopic (exact) mass is 267 g/mol. The van der Waals surface area contributed by atoms with Gasteiger partial charge in [0, 0.05) is 6.54 Å². The maximum absolute atomic E-state index is 14.0. The van der Waals surface area contributed by atoms with E-state index in [4.69, 9.17) is 0 Å². The zero-order valence-electron chi connectivity index (χ0n) is 11.1. The SMILES string of the molecule is CCC1CCN(c2ncnc(C)c2F)C(C(=O)O)C1. The van der Waals surface area contributed by atoms with Gasteiger partial charge in [0.05, 0.1) is 5.69 Å². The van der Waals surface area contributed by atoms with Gasteiger partial charge in [-0.05, 0) is 25.7 Å². The van der Waals surface area contributed by atoms with Crippen molar-refractivity contribution in [1.29, 1.82) is 0 Å². The highest BCUT2D eigenvalue weighted by molar-refractivity contribution is 5.78. The molecule has 2 unspecified atom stereocenters. The van der Waals surface area contributed by atoms with Crippen molar-refractivity contribution in [2.45, 2.75) is 39.2 Å². The summed E-state index contributed by atoms with van der Waals surface area (Å²) in [5, 5.41) is 9.34. The molecule has 2 heterocycles. The zero-order chi connectivity index (χ0) is 14.0. The minimum atomic E-state index is -0.922. The lowest BCUT2D eigenvalue weighted by atomic mass is 9.89. The second-order valence-electron chi connectivity index (χ2n) is 4.94. The van der Waals surface area contributed by atoms with Crippen LogP contribution in [0.4, 0.5) is 10.2 Å². The van der Waals surface area contributed by atoms with Gasteiger partial charge in [0.25, 0.3) is 0 Å². The first-order valence-corrected chi connectivity index (χ1v) is 6.51. The van der Waals surface area contributed by atoms with Crippen molar-refractivity contribution in [3.05, 3.63) is 17.8 Å². The summed E-state index contributed by atoms with van der Waals surface area (Å²) in [5.74, 6) is -0.963. The van der Waals surface area contributed by atoms with Crippen molar-refractivity contribution in [3.63, 3.8) is 0 Å². The van der Waals surface area contributed by atoms with Gasteiger partial charge in [0.15, 0.2) is 11.6 Å². The summed E-state index contributed by atoms with van der Waals surface area (Å²) in [4.78, 5) is 20.6. The van der Waals surface area contributed by atoms with Crippen LogP contribution in [0.5, 0.6) is 0 Å². The molecule has 1 aliphatic rings. The average molecular weight is 267 g/mol. The highest BCUT2D eigenvalue weighted by atomic mass is 19.1. The lowest BCUT2D eigenvalue weighted by Crippen LogP contribution is -2.48. The topological polar surface area (TPSA) is 66.3 Å². The quantitative estimate of drug-likeness (QED) is 0.907. The van der Waals surface area contributed by atoms with Gasteiger partial charge < -0.3 is 10.0 Å². The Labute approximate surface area is 111 Å². The molecule has 104 valence electrons. The molecule has 0 aromatic carbocycles. The predicted octanol–water partition coefficient (Wildman–Crippen LogP) is 2.00. The third-order valence-electron chi connectivity index (χ3n) is 3.79. The Hall–Kier alpha value is -1.72. The maximum Gasteiger partial charge on any atom is 0.326 e. The van der Waals surface area contributed by atoms with Crippen molar-refractivity contribution in [3.8, 4) is 0 Å². The van der Waals surface area contributed by atoms with Gasteiger partial charge in [-0.1, -0.05) is 13.3 Å². The van der Waals surface area contributed by atoms with Crippen LogP contribution in [0.15, 0.2) is 6.33 Å². The number of nitrogens with zero attached hydrogens (tertiary/aromatic N) is 3. The molecule has 6 heteroatoms. The summed E-state index contributed by atoms with van der Waals surface area (Å²) >= 11 is 0.